The Bertz CT molecular complexity index is 245. The Morgan fingerprint density at radius 1 is 1.50 bits per heavy atom. The summed E-state index contributed by atoms with van der Waals surface area (Å²) in [5, 5.41) is 1.94. The molecule has 1 N–H and O–H groups in total. The van der Waals surface area contributed by atoms with E-state index in [1.165, 1.54) is 5.56 Å². The van der Waals surface area contributed by atoms with Crippen molar-refractivity contribution in [2.24, 2.45) is 0 Å². The lowest BCUT2D eigenvalue weighted by molar-refractivity contribution is 0.285. The Morgan fingerprint density at radius 3 is 2.83 bits per heavy atom. The fourth-order valence-electron chi connectivity index (χ4n) is 0.948. The van der Waals surface area contributed by atoms with Crippen LogP contribution in [0.3, 0.4) is 0 Å². The first-order chi connectivity index (χ1) is 5.70. The highest BCUT2D eigenvalue weighted by Crippen LogP contribution is 2.02. The molecule has 0 aromatic carbocycles. The fraction of sp³-hybridized carbons (Fsp3) is 0.444. The summed E-state index contributed by atoms with van der Waals surface area (Å²) in [5.41, 5.74) is 5.53. The third kappa shape index (κ3) is 2.60. The maximum atomic E-state index is 4.20. The minimum atomic E-state index is 0.840. The summed E-state index contributed by atoms with van der Waals surface area (Å²) in [6.45, 7) is 2.86. The molecule has 3 heteroatoms. The van der Waals surface area contributed by atoms with Crippen LogP contribution < -0.4 is 5.43 Å². The van der Waals surface area contributed by atoms with Crippen LogP contribution in [0, 0.1) is 6.92 Å². The van der Waals surface area contributed by atoms with Crippen LogP contribution in [0.4, 0.5) is 0 Å². The van der Waals surface area contributed by atoms with Gasteiger partial charge in [0.1, 0.15) is 0 Å². The zero-order valence-electron chi connectivity index (χ0n) is 7.83. The second kappa shape index (κ2) is 4.18. The second-order valence-corrected chi connectivity index (χ2v) is 2.98. The van der Waals surface area contributed by atoms with Crippen LogP contribution >= 0.6 is 0 Å². The number of hydrazine groups is 1. The van der Waals surface area contributed by atoms with Gasteiger partial charge in [0.25, 0.3) is 0 Å². The molecule has 66 valence electrons. The van der Waals surface area contributed by atoms with Crippen LogP contribution in [0.1, 0.15) is 11.3 Å². The normalized spacial score (nSPS) is 10.7. The Hall–Kier alpha value is -0.930. The van der Waals surface area contributed by atoms with Crippen LogP contribution in [0.15, 0.2) is 18.3 Å². The number of nitrogens with one attached hydrogen (secondary N) is 1. The maximum absolute atomic E-state index is 4.20. The van der Waals surface area contributed by atoms with Crippen molar-refractivity contribution in [3.63, 3.8) is 0 Å². The van der Waals surface area contributed by atoms with Crippen molar-refractivity contribution in [3.8, 4) is 0 Å². The van der Waals surface area contributed by atoms with E-state index in [0.29, 0.717) is 0 Å². The van der Waals surface area contributed by atoms with Crippen molar-refractivity contribution in [1.29, 1.82) is 0 Å². The Balaban J connectivity index is 2.57. The molecule has 1 aromatic rings. The zero-order chi connectivity index (χ0) is 8.97. The van der Waals surface area contributed by atoms with Gasteiger partial charge in [0.05, 0.1) is 0 Å². The lowest BCUT2D eigenvalue weighted by Crippen LogP contribution is -2.29. The largest absolute Gasteiger partial charge is 0.261 e. The van der Waals surface area contributed by atoms with Gasteiger partial charge in [-0.25, -0.2) is 0 Å². The fourth-order valence-corrected chi connectivity index (χ4v) is 0.948. The topological polar surface area (TPSA) is 28.2 Å². The predicted octanol–water partition coefficient (Wildman–Crippen LogP) is 0.956. The summed E-state index contributed by atoms with van der Waals surface area (Å²) in [7, 11) is 3.96. The number of aromatic nitrogens is 1. The lowest BCUT2D eigenvalue weighted by atomic mass is 10.2. The Labute approximate surface area is 73.4 Å². The van der Waals surface area contributed by atoms with Crippen molar-refractivity contribution in [3.05, 3.63) is 29.6 Å². The minimum absolute atomic E-state index is 0.840. The SMILES string of the molecule is Cc1ncccc1CNN(C)C. The highest BCUT2D eigenvalue weighted by Gasteiger charge is 1.96. The molecule has 0 atom stereocenters. The third-order valence-electron chi connectivity index (χ3n) is 1.70. The van der Waals surface area contributed by atoms with Gasteiger partial charge in [0.2, 0.25) is 0 Å². The standard InChI is InChI=1S/C9H15N3/c1-8-9(5-4-6-10-8)7-11-12(2)3/h4-6,11H,7H2,1-3H3. The molecule has 0 unspecified atom stereocenters. The molecule has 0 saturated carbocycles. The average molecular weight is 165 g/mol. The van der Waals surface area contributed by atoms with E-state index in [1.54, 1.807) is 0 Å². The lowest BCUT2D eigenvalue weighted by Gasteiger charge is -2.12. The molecule has 0 bridgehead atoms. The van der Waals surface area contributed by atoms with Crippen LogP contribution in [0.2, 0.25) is 0 Å². The smallest absolute Gasteiger partial charge is 0.0418 e. The summed E-state index contributed by atoms with van der Waals surface area (Å²) in [4.78, 5) is 4.20. The molecule has 0 fully saturated rings. The Morgan fingerprint density at radius 2 is 2.25 bits per heavy atom. The van der Waals surface area contributed by atoms with Crippen molar-refractivity contribution in [1.82, 2.24) is 15.4 Å². The highest BCUT2D eigenvalue weighted by atomic mass is 15.5. The van der Waals surface area contributed by atoms with Gasteiger partial charge in [-0.3, -0.25) is 15.4 Å². The molecule has 0 spiro atoms. The van der Waals surface area contributed by atoms with E-state index < -0.39 is 0 Å². The number of hydrogen-bond donors (Lipinski definition) is 1. The van der Waals surface area contributed by atoms with Crippen molar-refractivity contribution >= 4 is 0 Å². The summed E-state index contributed by atoms with van der Waals surface area (Å²) < 4.78 is 0. The monoisotopic (exact) mass is 165 g/mol. The molecule has 0 aliphatic heterocycles. The molecule has 0 aliphatic rings. The van der Waals surface area contributed by atoms with E-state index >= 15 is 0 Å². The van der Waals surface area contributed by atoms with E-state index in [9.17, 15) is 0 Å². The first kappa shape index (κ1) is 9.16. The first-order valence-electron chi connectivity index (χ1n) is 4.01. The summed E-state index contributed by atoms with van der Waals surface area (Å²) >= 11 is 0. The van der Waals surface area contributed by atoms with Crippen molar-refractivity contribution < 1.29 is 0 Å². The summed E-state index contributed by atoms with van der Waals surface area (Å²) in [5.74, 6) is 0. The van der Waals surface area contributed by atoms with Gasteiger partial charge in [-0.1, -0.05) is 6.07 Å². The van der Waals surface area contributed by atoms with E-state index in [-0.39, 0.29) is 0 Å². The highest BCUT2D eigenvalue weighted by molar-refractivity contribution is 5.17. The molecule has 1 rings (SSSR count). The van der Waals surface area contributed by atoms with E-state index in [1.807, 2.05) is 38.3 Å². The minimum Gasteiger partial charge on any atom is -0.261 e. The molecule has 1 heterocycles. The molecule has 3 nitrogen and oxygen atoms in total. The van der Waals surface area contributed by atoms with E-state index in [4.69, 9.17) is 0 Å². The van der Waals surface area contributed by atoms with Gasteiger partial charge < -0.3 is 0 Å². The average Bonchev–Trinajstić information content (AvgIpc) is 2.03. The quantitative estimate of drug-likeness (QED) is 0.676. The van der Waals surface area contributed by atoms with Gasteiger partial charge in [-0.2, -0.15) is 0 Å². The van der Waals surface area contributed by atoms with Crippen molar-refractivity contribution in [2.75, 3.05) is 14.1 Å². The van der Waals surface area contributed by atoms with Gasteiger partial charge in [-0.05, 0) is 18.6 Å². The molecule has 1 aromatic heterocycles. The molecular formula is C9H15N3. The molecule has 12 heavy (non-hydrogen) atoms. The predicted molar refractivity (Wildman–Crippen MR) is 49.5 cm³/mol. The van der Waals surface area contributed by atoms with Gasteiger partial charge in [0.15, 0.2) is 0 Å². The number of hydrogen-bond acceptors (Lipinski definition) is 3. The van der Waals surface area contributed by atoms with Crippen LogP contribution in [-0.2, 0) is 6.54 Å². The van der Waals surface area contributed by atoms with E-state index in [0.717, 1.165) is 12.2 Å². The first-order valence-corrected chi connectivity index (χ1v) is 4.01. The van der Waals surface area contributed by atoms with Crippen molar-refractivity contribution in [2.45, 2.75) is 13.5 Å². The summed E-state index contributed by atoms with van der Waals surface area (Å²) in [6, 6.07) is 4.04. The molecule has 0 saturated heterocycles. The number of pyridine rings is 1. The molecule has 0 aliphatic carbocycles. The molecule has 0 amide bonds. The maximum Gasteiger partial charge on any atom is 0.0418 e. The number of aryl methyl sites for hydroxylation is 1. The molecular weight excluding hydrogens is 150 g/mol. The second-order valence-electron chi connectivity index (χ2n) is 2.98. The number of rotatable bonds is 3. The third-order valence-corrected chi connectivity index (χ3v) is 1.70. The zero-order valence-corrected chi connectivity index (χ0v) is 7.83. The van der Waals surface area contributed by atoms with Gasteiger partial charge in [-0.15, -0.1) is 0 Å². The van der Waals surface area contributed by atoms with Gasteiger partial charge >= 0.3 is 0 Å². The van der Waals surface area contributed by atoms with Gasteiger partial charge in [0, 0.05) is 32.5 Å². The van der Waals surface area contributed by atoms with Crippen LogP contribution in [-0.4, -0.2) is 24.1 Å². The van der Waals surface area contributed by atoms with E-state index in [2.05, 4.69) is 16.5 Å². The Kier molecular flexibility index (Phi) is 3.19. The number of nitrogens with zero attached hydrogens (tertiary/aromatic N) is 2. The van der Waals surface area contributed by atoms with Crippen LogP contribution in [0.25, 0.3) is 0 Å². The van der Waals surface area contributed by atoms with Crippen LogP contribution in [0.5, 0.6) is 0 Å². The summed E-state index contributed by atoms with van der Waals surface area (Å²) in [6.07, 6.45) is 1.81. The molecule has 0 radical (unpaired) electrons.